The molecule has 22 heavy (non-hydrogen) atoms. The van der Waals surface area contributed by atoms with Crippen molar-refractivity contribution in [2.24, 2.45) is 0 Å². The first-order valence-corrected chi connectivity index (χ1v) is 7.04. The molecule has 0 radical (unpaired) electrons. The summed E-state index contributed by atoms with van der Waals surface area (Å²) in [7, 11) is 0. The maximum absolute atomic E-state index is 12.8. The zero-order valence-electron chi connectivity index (χ0n) is 12.2. The van der Waals surface area contributed by atoms with Gasteiger partial charge in [0.1, 0.15) is 11.4 Å². The van der Waals surface area contributed by atoms with Crippen LogP contribution in [0.15, 0.2) is 30.3 Å². The highest BCUT2D eigenvalue weighted by Gasteiger charge is 2.39. The molecule has 1 aliphatic carbocycles. The number of rotatable bonds is 0. The molecule has 2 aromatic rings. The van der Waals surface area contributed by atoms with Gasteiger partial charge in [-0.15, -0.1) is 0 Å². The standard InChI is InChI=1S/C17H14N2O3/c1-17(2)18-10-7-11(20)12-13(14(10)19-17)16(22)9-6-4-3-5-8(9)15(12)21/h3-7,18-20H,1-2H3. The highest BCUT2D eigenvalue weighted by molar-refractivity contribution is 6.32. The molecule has 5 heteroatoms. The minimum atomic E-state index is -0.454. The van der Waals surface area contributed by atoms with Crippen LogP contribution in [0, 0.1) is 0 Å². The van der Waals surface area contributed by atoms with E-state index in [9.17, 15) is 14.7 Å². The molecule has 1 aliphatic heterocycles. The van der Waals surface area contributed by atoms with Gasteiger partial charge in [0.05, 0.1) is 22.5 Å². The van der Waals surface area contributed by atoms with Crippen LogP contribution in [0.1, 0.15) is 45.7 Å². The monoisotopic (exact) mass is 294 g/mol. The number of carbonyl (C=O) groups is 2. The SMILES string of the molecule is CC1(C)Nc2cc(O)c3c(c2N1)C(=O)c1ccccc1C3=O. The van der Waals surface area contributed by atoms with E-state index in [2.05, 4.69) is 10.6 Å². The number of fused-ring (bicyclic) bond motifs is 4. The Morgan fingerprint density at radius 2 is 1.55 bits per heavy atom. The van der Waals surface area contributed by atoms with E-state index < -0.39 is 5.66 Å². The van der Waals surface area contributed by atoms with Crippen molar-refractivity contribution in [3.63, 3.8) is 0 Å². The van der Waals surface area contributed by atoms with Crippen LogP contribution in [-0.2, 0) is 0 Å². The molecule has 0 spiro atoms. The molecule has 0 amide bonds. The first-order chi connectivity index (χ1) is 10.4. The fourth-order valence-corrected chi connectivity index (χ4v) is 3.18. The molecular weight excluding hydrogens is 280 g/mol. The van der Waals surface area contributed by atoms with Crippen molar-refractivity contribution in [3.8, 4) is 5.75 Å². The van der Waals surface area contributed by atoms with Gasteiger partial charge < -0.3 is 15.7 Å². The first kappa shape index (κ1) is 12.9. The van der Waals surface area contributed by atoms with Crippen molar-refractivity contribution >= 4 is 22.9 Å². The minimum absolute atomic E-state index is 0.0782. The van der Waals surface area contributed by atoms with Gasteiger partial charge in [-0.2, -0.15) is 0 Å². The van der Waals surface area contributed by atoms with Crippen LogP contribution >= 0.6 is 0 Å². The Balaban J connectivity index is 2.05. The number of ketones is 2. The van der Waals surface area contributed by atoms with E-state index in [0.717, 1.165) is 0 Å². The fourth-order valence-electron chi connectivity index (χ4n) is 3.18. The summed E-state index contributed by atoms with van der Waals surface area (Å²) >= 11 is 0. The van der Waals surface area contributed by atoms with Crippen molar-refractivity contribution in [2.75, 3.05) is 10.6 Å². The number of carbonyl (C=O) groups excluding carboxylic acids is 2. The van der Waals surface area contributed by atoms with Crippen LogP contribution in [0.25, 0.3) is 0 Å². The molecular formula is C17H14N2O3. The summed E-state index contributed by atoms with van der Waals surface area (Å²) in [5.41, 5.74) is 1.78. The van der Waals surface area contributed by atoms with Gasteiger partial charge >= 0.3 is 0 Å². The fraction of sp³-hybridized carbons (Fsp3) is 0.176. The number of aromatic hydroxyl groups is 1. The predicted octanol–water partition coefficient (Wildman–Crippen LogP) is 2.74. The van der Waals surface area contributed by atoms with E-state index in [1.54, 1.807) is 24.3 Å². The van der Waals surface area contributed by atoms with Crippen LogP contribution in [0.4, 0.5) is 11.4 Å². The van der Waals surface area contributed by atoms with E-state index in [1.165, 1.54) is 6.07 Å². The normalized spacial score (nSPS) is 17.2. The van der Waals surface area contributed by atoms with E-state index in [0.29, 0.717) is 22.5 Å². The summed E-state index contributed by atoms with van der Waals surface area (Å²) in [6.45, 7) is 3.83. The van der Waals surface area contributed by atoms with E-state index >= 15 is 0 Å². The highest BCUT2D eigenvalue weighted by atomic mass is 16.3. The third-order valence-corrected chi connectivity index (χ3v) is 4.06. The van der Waals surface area contributed by atoms with Gasteiger partial charge in [0.15, 0.2) is 11.6 Å². The van der Waals surface area contributed by atoms with Crippen LogP contribution in [-0.4, -0.2) is 22.3 Å². The maximum atomic E-state index is 12.8. The number of nitrogens with one attached hydrogen (secondary N) is 2. The lowest BCUT2D eigenvalue weighted by Crippen LogP contribution is -2.34. The average Bonchev–Trinajstić information content (AvgIpc) is 2.77. The second kappa shape index (κ2) is 3.88. The predicted molar refractivity (Wildman–Crippen MR) is 82.7 cm³/mol. The van der Waals surface area contributed by atoms with Gasteiger partial charge in [0.2, 0.25) is 0 Å². The molecule has 0 unspecified atom stereocenters. The third kappa shape index (κ3) is 1.53. The van der Waals surface area contributed by atoms with E-state index in [1.807, 2.05) is 13.8 Å². The van der Waals surface area contributed by atoms with Crippen LogP contribution in [0.5, 0.6) is 5.75 Å². The van der Waals surface area contributed by atoms with Gasteiger partial charge in [-0.3, -0.25) is 9.59 Å². The molecule has 3 N–H and O–H groups in total. The zero-order valence-corrected chi connectivity index (χ0v) is 12.2. The van der Waals surface area contributed by atoms with Crippen LogP contribution < -0.4 is 10.6 Å². The quantitative estimate of drug-likeness (QED) is 0.556. The summed E-state index contributed by atoms with van der Waals surface area (Å²) < 4.78 is 0. The van der Waals surface area contributed by atoms with Gasteiger partial charge in [-0.25, -0.2) is 0 Å². The van der Waals surface area contributed by atoms with Crippen molar-refractivity contribution < 1.29 is 14.7 Å². The zero-order chi connectivity index (χ0) is 15.6. The Morgan fingerprint density at radius 3 is 2.18 bits per heavy atom. The molecule has 0 atom stereocenters. The molecule has 4 rings (SSSR count). The van der Waals surface area contributed by atoms with E-state index in [-0.39, 0.29) is 28.4 Å². The molecule has 0 saturated heterocycles. The summed E-state index contributed by atoms with van der Waals surface area (Å²) in [5.74, 6) is -0.741. The molecule has 1 heterocycles. The number of benzene rings is 2. The van der Waals surface area contributed by atoms with Gasteiger partial charge in [0.25, 0.3) is 0 Å². The molecule has 2 aliphatic rings. The second-order valence-electron chi connectivity index (χ2n) is 6.15. The lowest BCUT2D eigenvalue weighted by molar-refractivity contribution is 0.0977. The molecule has 5 nitrogen and oxygen atoms in total. The lowest BCUT2D eigenvalue weighted by atomic mass is 9.82. The molecule has 0 fully saturated rings. The smallest absolute Gasteiger partial charge is 0.198 e. The Morgan fingerprint density at radius 1 is 0.955 bits per heavy atom. The molecule has 0 bridgehead atoms. The van der Waals surface area contributed by atoms with Gasteiger partial charge in [-0.05, 0) is 13.8 Å². The Kier molecular flexibility index (Phi) is 2.27. The maximum Gasteiger partial charge on any atom is 0.198 e. The lowest BCUT2D eigenvalue weighted by Gasteiger charge is -2.22. The summed E-state index contributed by atoms with van der Waals surface area (Å²) in [5, 5.41) is 16.7. The second-order valence-corrected chi connectivity index (χ2v) is 6.15. The molecule has 110 valence electrons. The number of hydrogen-bond acceptors (Lipinski definition) is 5. The first-order valence-electron chi connectivity index (χ1n) is 7.04. The topological polar surface area (TPSA) is 78.4 Å². The van der Waals surface area contributed by atoms with Gasteiger partial charge in [-0.1, -0.05) is 24.3 Å². The average molecular weight is 294 g/mol. The Hall–Kier alpha value is -2.82. The minimum Gasteiger partial charge on any atom is -0.507 e. The van der Waals surface area contributed by atoms with Crippen molar-refractivity contribution in [2.45, 2.75) is 19.5 Å². The van der Waals surface area contributed by atoms with Crippen molar-refractivity contribution in [1.29, 1.82) is 0 Å². The summed E-state index contributed by atoms with van der Waals surface area (Å²) in [4.78, 5) is 25.5. The Bertz CT molecular complexity index is 868. The highest BCUT2D eigenvalue weighted by Crippen LogP contribution is 2.45. The number of hydrogen-bond donors (Lipinski definition) is 3. The number of phenolic OH excluding ortho intramolecular Hbond substituents is 1. The number of anilines is 2. The molecule has 2 aromatic carbocycles. The number of phenols is 1. The largest absolute Gasteiger partial charge is 0.507 e. The van der Waals surface area contributed by atoms with E-state index in [4.69, 9.17) is 0 Å². The third-order valence-electron chi connectivity index (χ3n) is 4.06. The molecule has 0 aromatic heterocycles. The van der Waals surface area contributed by atoms with Crippen molar-refractivity contribution in [1.82, 2.24) is 0 Å². The summed E-state index contributed by atoms with van der Waals surface area (Å²) in [6, 6.07) is 8.19. The van der Waals surface area contributed by atoms with Crippen LogP contribution in [0.3, 0.4) is 0 Å². The Labute approximate surface area is 127 Å². The van der Waals surface area contributed by atoms with Gasteiger partial charge in [0, 0.05) is 17.2 Å². The molecule has 0 saturated carbocycles. The van der Waals surface area contributed by atoms with Crippen molar-refractivity contribution in [3.05, 3.63) is 52.6 Å². The van der Waals surface area contributed by atoms with Crippen LogP contribution in [0.2, 0.25) is 0 Å². The summed E-state index contributed by atoms with van der Waals surface area (Å²) in [6.07, 6.45) is 0.